The van der Waals surface area contributed by atoms with Gasteiger partial charge in [0.05, 0.1) is 12.3 Å². The monoisotopic (exact) mass is 334 g/mol. The number of hydrogen-bond donors (Lipinski definition) is 0. The summed E-state index contributed by atoms with van der Waals surface area (Å²) in [4.78, 5) is 0. The van der Waals surface area contributed by atoms with Gasteiger partial charge in [-0.15, -0.1) is 0 Å². The summed E-state index contributed by atoms with van der Waals surface area (Å²) in [6, 6.07) is 18.2. The molecule has 0 bridgehead atoms. The Balaban J connectivity index is 1.60. The standard InChI is InChI=1S/C20H15FN2O2/c21-14-9-7-13(8-10-14)20-23-17(15-4-1-2-5-18(15)25-20)12-16(22-23)19-6-3-11-24-19/h1-11,17,20H,12H2/t17-,20-/m0/s1. The molecule has 5 rings (SSSR count). The minimum atomic E-state index is -0.395. The third-order valence-electron chi connectivity index (χ3n) is 4.66. The molecule has 5 heteroatoms. The van der Waals surface area contributed by atoms with Gasteiger partial charge in [-0.25, -0.2) is 9.40 Å². The van der Waals surface area contributed by atoms with Crippen molar-refractivity contribution in [1.82, 2.24) is 5.01 Å². The molecule has 124 valence electrons. The van der Waals surface area contributed by atoms with Crippen LogP contribution in [-0.2, 0) is 0 Å². The largest absolute Gasteiger partial charge is 0.464 e. The molecular formula is C20H15FN2O2. The van der Waals surface area contributed by atoms with E-state index >= 15 is 0 Å². The highest BCUT2D eigenvalue weighted by molar-refractivity contribution is 5.99. The third-order valence-corrected chi connectivity index (χ3v) is 4.66. The lowest BCUT2D eigenvalue weighted by Gasteiger charge is -2.38. The first kappa shape index (κ1) is 14.3. The van der Waals surface area contributed by atoms with Crippen LogP contribution >= 0.6 is 0 Å². The van der Waals surface area contributed by atoms with Crippen LogP contribution in [0.25, 0.3) is 0 Å². The van der Waals surface area contributed by atoms with Gasteiger partial charge in [0, 0.05) is 17.5 Å². The first-order chi connectivity index (χ1) is 12.3. The van der Waals surface area contributed by atoms with Crippen LogP contribution in [0.3, 0.4) is 0 Å². The fourth-order valence-corrected chi connectivity index (χ4v) is 3.47. The Morgan fingerprint density at radius 3 is 2.64 bits per heavy atom. The van der Waals surface area contributed by atoms with Crippen molar-refractivity contribution >= 4 is 5.71 Å². The van der Waals surface area contributed by atoms with Gasteiger partial charge in [-0.2, -0.15) is 5.10 Å². The number of hydrogen-bond acceptors (Lipinski definition) is 4. The Morgan fingerprint density at radius 2 is 1.84 bits per heavy atom. The van der Waals surface area contributed by atoms with E-state index in [0.717, 1.165) is 34.8 Å². The van der Waals surface area contributed by atoms with Gasteiger partial charge in [-0.3, -0.25) is 0 Å². The molecule has 3 heterocycles. The highest BCUT2D eigenvalue weighted by Crippen LogP contribution is 2.47. The third kappa shape index (κ3) is 2.31. The molecule has 0 N–H and O–H groups in total. The second kappa shape index (κ2) is 5.48. The Hall–Kier alpha value is -3.08. The van der Waals surface area contributed by atoms with Crippen LogP contribution in [0.5, 0.6) is 5.75 Å². The Kier molecular flexibility index (Phi) is 3.13. The number of ether oxygens (including phenoxy) is 1. The number of nitrogens with zero attached hydrogens (tertiary/aromatic N) is 2. The van der Waals surface area contributed by atoms with Gasteiger partial charge < -0.3 is 9.15 Å². The van der Waals surface area contributed by atoms with Crippen LogP contribution in [0.2, 0.25) is 0 Å². The van der Waals surface area contributed by atoms with Crippen molar-refractivity contribution in [2.45, 2.75) is 18.7 Å². The lowest BCUT2D eigenvalue weighted by atomic mass is 9.97. The zero-order valence-electron chi connectivity index (χ0n) is 13.3. The van der Waals surface area contributed by atoms with Crippen LogP contribution in [0, 0.1) is 5.82 Å². The van der Waals surface area contributed by atoms with Gasteiger partial charge >= 0.3 is 0 Å². The second-order valence-electron chi connectivity index (χ2n) is 6.18. The summed E-state index contributed by atoms with van der Waals surface area (Å²) < 4.78 is 25.0. The second-order valence-corrected chi connectivity index (χ2v) is 6.18. The van der Waals surface area contributed by atoms with Crippen LogP contribution < -0.4 is 4.74 Å². The molecule has 2 aliphatic rings. The first-order valence-corrected chi connectivity index (χ1v) is 8.20. The normalized spacial score (nSPS) is 21.3. The van der Waals surface area contributed by atoms with E-state index in [2.05, 4.69) is 6.07 Å². The number of rotatable bonds is 2. The maximum absolute atomic E-state index is 13.3. The molecule has 2 atom stereocenters. The van der Waals surface area contributed by atoms with Crippen molar-refractivity contribution in [1.29, 1.82) is 0 Å². The maximum Gasteiger partial charge on any atom is 0.213 e. The molecule has 2 aliphatic heterocycles. The van der Waals surface area contributed by atoms with Crippen molar-refractivity contribution < 1.29 is 13.5 Å². The number of para-hydroxylation sites is 1. The van der Waals surface area contributed by atoms with E-state index in [1.807, 2.05) is 35.3 Å². The SMILES string of the molecule is Fc1ccc([C@@H]2Oc3ccccc3[C@@H]3CC(c4ccco4)=NN32)cc1. The zero-order chi connectivity index (χ0) is 16.8. The summed E-state index contributed by atoms with van der Waals surface area (Å²) in [6.45, 7) is 0. The average molecular weight is 334 g/mol. The summed E-state index contributed by atoms with van der Waals surface area (Å²) in [7, 11) is 0. The van der Waals surface area contributed by atoms with Crippen molar-refractivity contribution in [3.8, 4) is 5.75 Å². The number of furan rings is 1. The predicted molar refractivity (Wildman–Crippen MR) is 90.7 cm³/mol. The molecule has 0 saturated heterocycles. The minimum absolute atomic E-state index is 0.0695. The summed E-state index contributed by atoms with van der Waals surface area (Å²) in [5.74, 6) is 1.34. The van der Waals surface area contributed by atoms with Gasteiger partial charge in [0.15, 0.2) is 0 Å². The quantitative estimate of drug-likeness (QED) is 0.684. The molecule has 0 aliphatic carbocycles. The van der Waals surface area contributed by atoms with E-state index in [1.165, 1.54) is 12.1 Å². The topological polar surface area (TPSA) is 38.0 Å². The van der Waals surface area contributed by atoms with Gasteiger partial charge in [-0.1, -0.05) is 30.3 Å². The Bertz CT molecular complexity index is 935. The lowest BCUT2D eigenvalue weighted by molar-refractivity contribution is -0.0190. The van der Waals surface area contributed by atoms with Crippen LogP contribution in [-0.4, -0.2) is 10.7 Å². The van der Waals surface area contributed by atoms with Crippen molar-refractivity contribution in [2.75, 3.05) is 0 Å². The van der Waals surface area contributed by atoms with Crippen LogP contribution in [0.1, 0.15) is 35.6 Å². The molecule has 0 amide bonds. The number of halogens is 1. The molecule has 0 saturated carbocycles. The summed E-state index contributed by atoms with van der Waals surface area (Å²) in [5.41, 5.74) is 2.86. The molecule has 0 unspecified atom stereocenters. The fraction of sp³-hybridized carbons (Fsp3) is 0.150. The number of fused-ring (bicyclic) bond motifs is 3. The maximum atomic E-state index is 13.3. The molecule has 4 nitrogen and oxygen atoms in total. The van der Waals surface area contributed by atoms with E-state index in [9.17, 15) is 4.39 Å². The Morgan fingerprint density at radius 1 is 1.00 bits per heavy atom. The molecule has 3 aromatic rings. The molecule has 1 aromatic heterocycles. The first-order valence-electron chi connectivity index (χ1n) is 8.20. The average Bonchev–Trinajstić information content (AvgIpc) is 3.31. The van der Waals surface area contributed by atoms with Gasteiger partial charge in [-0.05, 0) is 30.3 Å². The number of benzene rings is 2. The van der Waals surface area contributed by atoms with Crippen molar-refractivity contribution in [3.05, 3.63) is 89.6 Å². The van der Waals surface area contributed by atoms with Crippen LogP contribution in [0.4, 0.5) is 4.39 Å². The molecular weight excluding hydrogens is 319 g/mol. The van der Waals surface area contributed by atoms with E-state index in [1.54, 1.807) is 18.4 Å². The molecule has 0 fully saturated rings. The number of hydrazone groups is 1. The van der Waals surface area contributed by atoms with E-state index in [4.69, 9.17) is 14.3 Å². The van der Waals surface area contributed by atoms with E-state index in [-0.39, 0.29) is 11.9 Å². The van der Waals surface area contributed by atoms with Gasteiger partial charge in [0.2, 0.25) is 6.23 Å². The van der Waals surface area contributed by atoms with Gasteiger partial charge in [0.25, 0.3) is 0 Å². The zero-order valence-corrected chi connectivity index (χ0v) is 13.3. The molecule has 0 spiro atoms. The highest BCUT2D eigenvalue weighted by Gasteiger charge is 2.41. The minimum Gasteiger partial charge on any atom is -0.464 e. The van der Waals surface area contributed by atoms with Crippen molar-refractivity contribution in [3.63, 3.8) is 0 Å². The summed E-state index contributed by atoms with van der Waals surface area (Å²) >= 11 is 0. The molecule has 25 heavy (non-hydrogen) atoms. The van der Waals surface area contributed by atoms with E-state index < -0.39 is 6.23 Å². The van der Waals surface area contributed by atoms with E-state index in [0.29, 0.717) is 0 Å². The fourth-order valence-electron chi connectivity index (χ4n) is 3.47. The Labute approximate surface area is 144 Å². The smallest absolute Gasteiger partial charge is 0.213 e. The highest BCUT2D eigenvalue weighted by atomic mass is 19.1. The van der Waals surface area contributed by atoms with Gasteiger partial charge in [0.1, 0.15) is 23.0 Å². The predicted octanol–water partition coefficient (Wildman–Crippen LogP) is 4.66. The summed E-state index contributed by atoms with van der Waals surface area (Å²) in [6.07, 6.45) is 2.00. The lowest BCUT2D eigenvalue weighted by Crippen LogP contribution is -2.33. The van der Waals surface area contributed by atoms with Crippen molar-refractivity contribution in [2.24, 2.45) is 5.10 Å². The molecule has 0 radical (unpaired) electrons. The van der Waals surface area contributed by atoms with Crippen LogP contribution in [0.15, 0.2) is 76.4 Å². The summed E-state index contributed by atoms with van der Waals surface area (Å²) in [5, 5.41) is 6.72. The molecule has 2 aromatic carbocycles.